The van der Waals surface area contributed by atoms with Gasteiger partial charge in [-0.05, 0) is 25.0 Å². The Bertz CT molecular complexity index is 1120. The monoisotopic (exact) mass is 399 g/mol. The van der Waals surface area contributed by atoms with Crippen LogP contribution in [0.3, 0.4) is 0 Å². The molecular formula is C18H17N5O4S. The summed E-state index contributed by atoms with van der Waals surface area (Å²) in [5, 5.41) is 7.84. The standard InChI is InChI=1S/C18H17N5O4S/c24-15(20-11-3-4-13-14(9-11)27-8-7-26-13)12-10-19-17-23(16(12)25)21-18(28-17)22-5-1-2-6-22/h3-4,9-10H,1-2,5-8H2,(H,20,24). The van der Waals surface area contributed by atoms with Crippen molar-refractivity contribution in [2.75, 3.05) is 36.5 Å². The van der Waals surface area contributed by atoms with E-state index in [1.165, 1.54) is 22.0 Å². The van der Waals surface area contributed by atoms with E-state index in [1.807, 2.05) is 0 Å². The quantitative estimate of drug-likeness (QED) is 0.717. The minimum atomic E-state index is -0.542. The Morgan fingerprint density at radius 2 is 1.93 bits per heavy atom. The number of rotatable bonds is 3. The van der Waals surface area contributed by atoms with Crippen molar-refractivity contribution in [3.8, 4) is 11.5 Å². The van der Waals surface area contributed by atoms with Gasteiger partial charge < -0.3 is 19.7 Å². The molecular weight excluding hydrogens is 382 g/mol. The Morgan fingerprint density at radius 3 is 2.75 bits per heavy atom. The lowest BCUT2D eigenvalue weighted by Crippen LogP contribution is -2.27. The number of nitrogens with one attached hydrogen (secondary N) is 1. The van der Waals surface area contributed by atoms with Gasteiger partial charge in [0.05, 0.1) is 0 Å². The zero-order valence-corrected chi connectivity index (χ0v) is 15.7. The highest BCUT2D eigenvalue weighted by atomic mass is 32.1. The molecule has 1 aromatic carbocycles. The molecule has 4 heterocycles. The van der Waals surface area contributed by atoms with Crippen LogP contribution in [0.4, 0.5) is 10.8 Å². The molecule has 3 aromatic rings. The molecule has 0 atom stereocenters. The van der Waals surface area contributed by atoms with Crippen LogP contribution in [0.15, 0.2) is 29.2 Å². The maximum Gasteiger partial charge on any atom is 0.288 e. The fraction of sp³-hybridized carbons (Fsp3) is 0.333. The normalized spacial score (nSPS) is 15.8. The number of fused-ring (bicyclic) bond motifs is 2. The van der Waals surface area contributed by atoms with Crippen LogP contribution in [0.2, 0.25) is 0 Å². The van der Waals surface area contributed by atoms with E-state index in [4.69, 9.17) is 9.47 Å². The number of aromatic nitrogens is 3. The van der Waals surface area contributed by atoms with Crippen LogP contribution in [0.25, 0.3) is 4.96 Å². The van der Waals surface area contributed by atoms with Crippen LogP contribution in [-0.2, 0) is 0 Å². The SMILES string of the molecule is O=C(Nc1ccc2c(c1)OCCO2)c1cnc2sc(N3CCCC3)nn2c1=O. The van der Waals surface area contributed by atoms with Crippen LogP contribution in [0, 0.1) is 0 Å². The van der Waals surface area contributed by atoms with Gasteiger partial charge in [-0.1, -0.05) is 11.3 Å². The van der Waals surface area contributed by atoms with Crippen molar-refractivity contribution in [3.63, 3.8) is 0 Å². The van der Waals surface area contributed by atoms with Gasteiger partial charge in [-0.15, -0.1) is 5.10 Å². The molecule has 1 fully saturated rings. The molecule has 2 aliphatic heterocycles. The number of carbonyl (C=O) groups is 1. The van der Waals surface area contributed by atoms with Crippen molar-refractivity contribution >= 4 is 33.0 Å². The van der Waals surface area contributed by atoms with Gasteiger partial charge in [-0.25, -0.2) is 4.98 Å². The third-order valence-electron chi connectivity index (χ3n) is 4.70. The molecule has 0 spiro atoms. The van der Waals surface area contributed by atoms with Crippen molar-refractivity contribution < 1.29 is 14.3 Å². The smallest absolute Gasteiger partial charge is 0.288 e. The molecule has 0 bridgehead atoms. The predicted molar refractivity (Wildman–Crippen MR) is 104 cm³/mol. The molecule has 9 nitrogen and oxygen atoms in total. The predicted octanol–water partition coefficient (Wildman–Crippen LogP) is 1.77. The number of benzene rings is 1. The molecule has 0 saturated carbocycles. The molecule has 28 heavy (non-hydrogen) atoms. The van der Waals surface area contributed by atoms with E-state index >= 15 is 0 Å². The van der Waals surface area contributed by atoms with Crippen molar-refractivity contribution in [1.29, 1.82) is 0 Å². The van der Waals surface area contributed by atoms with E-state index in [9.17, 15) is 9.59 Å². The molecule has 0 unspecified atom stereocenters. The van der Waals surface area contributed by atoms with E-state index in [0.29, 0.717) is 35.4 Å². The highest BCUT2D eigenvalue weighted by Gasteiger charge is 2.21. The molecule has 1 N–H and O–H groups in total. The second-order valence-corrected chi connectivity index (χ2v) is 7.50. The van der Waals surface area contributed by atoms with Crippen molar-refractivity contribution in [2.45, 2.75) is 12.8 Å². The fourth-order valence-corrected chi connectivity index (χ4v) is 4.20. The zero-order valence-electron chi connectivity index (χ0n) is 14.9. The molecule has 144 valence electrons. The molecule has 2 aromatic heterocycles. The minimum Gasteiger partial charge on any atom is -0.486 e. The van der Waals surface area contributed by atoms with E-state index in [-0.39, 0.29) is 5.56 Å². The van der Waals surface area contributed by atoms with E-state index in [2.05, 4.69) is 20.3 Å². The lowest BCUT2D eigenvalue weighted by molar-refractivity contribution is 0.102. The van der Waals surface area contributed by atoms with Crippen LogP contribution in [0.1, 0.15) is 23.2 Å². The largest absolute Gasteiger partial charge is 0.486 e. The van der Waals surface area contributed by atoms with E-state index in [1.54, 1.807) is 18.2 Å². The number of amides is 1. The van der Waals surface area contributed by atoms with Crippen molar-refractivity contribution in [2.24, 2.45) is 0 Å². The van der Waals surface area contributed by atoms with Gasteiger partial charge in [0.15, 0.2) is 11.5 Å². The van der Waals surface area contributed by atoms with E-state index < -0.39 is 11.5 Å². The summed E-state index contributed by atoms with van der Waals surface area (Å²) in [5.74, 6) is 0.646. The van der Waals surface area contributed by atoms with Crippen LogP contribution >= 0.6 is 11.3 Å². The van der Waals surface area contributed by atoms with Gasteiger partial charge in [0.1, 0.15) is 18.8 Å². The second kappa shape index (κ2) is 6.79. The summed E-state index contributed by atoms with van der Waals surface area (Å²) in [4.78, 5) is 32.3. The summed E-state index contributed by atoms with van der Waals surface area (Å²) in [6.07, 6.45) is 3.53. The average molecular weight is 399 g/mol. The second-order valence-electron chi connectivity index (χ2n) is 6.56. The van der Waals surface area contributed by atoms with Crippen molar-refractivity contribution in [1.82, 2.24) is 14.6 Å². The summed E-state index contributed by atoms with van der Waals surface area (Å²) in [5.41, 5.74) is -0.0396. The summed E-state index contributed by atoms with van der Waals surface area (Å²) in [6.45, 7) is 2.79. The van der Waals surface area contributed by atoms with Gasteiger partial charge in [-0.3, -0.25) is 9.59 Å². The highest BCUT2D eigenvalue weighted by molar-refractivity contribution is 7.20. The maximum atomic E-state index is 12.8. The van der Waals surface area contributed by atoms with Crippen LogP contribution < -0.4 is 25.2 Å². The summed E-state index contributed by atoms with van der Waals surface area (Å²) in [6, 6.07) is 5.09. The first kappa shape index (κ1) is 17.0. The van der Waals surface area contributed by atoms with Crippen molar-refractivity contribution in [3.05, 3.63) is 40.3 Å². The molecule has 5 rings (SSSR count). The first-order valence-corrected chi connectivity index (χ1v) is 9.85. The first-order chi connectivity index (χ1) is 13.7. The summed E-state index contributed by atoms with van der Waals surface area (Å²) < 4.78 is 12.2. The third-order valence-corrected chi connectivity index (χ3v) is 5.68. The summed E-state index contributed by atoms with van der Waals surface area (Å²) >= 11 is 1.35. The maximum absolute atomic E-state index is 12.8. The molecule has 0 radical (unpaired) electrons. The molecule has 10 heteroatoms. The highest BCUT2D eigenvalue weighted by Crippen LogP contribution is 2.32. The Morgan fingerprint density at radius 1 is 1.14 bits per heavy atom. The topological polar surface area (TPSA) is 98.1 Å². The number of nitrogens with zero attached hydrogens (tertiary/aromatic N) is 4. The number of hydrogen-bond donors (Lipinski definition) is 1. The molecule has 1 saturated heterocycles. The molecule has 0 aliphatic carbocycles. The zero-order chi connectivity index (χ0) is 19.1. The number of anilines is 2. The Balaban J connectivity index is 1.43. The molecule has 2 aliphatic rings. The van der Waals surface area contributed by atoms with Gasteiger partial charge in [0.2, 0.25) is 10.1 Å². The first-order valence-electron chi connectivity index (χ1n) is 9.04. The van der Waals surface area contributed by atoms with Gasteiger partial charge in [0.25, 0.3) is 11.5 Å². The fourth-order valence-electron chi connectivity index (χ4n) is 3.29. The minimum absolute atomic E-state index is 0.0642. The Labute approximate surface area is 163 Å². The summed E-state index contributed by atoms with van der Waals surface area (Å²) in [7, 11) is 0. The Hall–Kier alpha value is -3.14. The molecule has 1 amide bonds. The van der Waals surface area contributed by atoms with Gasteiger partial charge in [0, 0.05) is 31.0 Å². The van der Waals surface area contributed by atoms with Gasteiger partial charge in [-0.2, -0.15) is 4.52 Å². The lowest BCUT2D eigenvalue weighted by Gasteiger charge is -2.18. The third kappa shape index (κ3) is 2.95. The van der Waals surface area contributed by atoms with Crippen LogP contribution in [-0.4, -0.2) is 46.8 Å². The number of ether oxygens (including phenoxy) is 2. The average Bonchev–Trinajstić information content (AvgIpc) is 3.38. The number of hydrogen-bond acceptors (Lipinski definition) is 8. The number of carbonyl (C=O) groups excluding carboxylic acids is 1. The van der Waals surface area contributed by atoms with E-state index in [0.717, 1.165) is 31.1 Å². The lowest BCUT2D eigenvalue weighted by atomic mass is 10.2. The van der Waals surface area contributed by atoms with Crippen LogP contribution in [0.5, 0.6) is 11.5 Å². The van der Waals surface area contributed by atoms with Gasteiger partial charge >= 0.3 is 0 Å². The Kier molecular flexibility index (Phi) is 4.12.